The summed E-state index contributed by atoms with van der Waals surface area (Å²) in [6.07, 6.45) is 4.81. The van der Waals surface area contributed by atoms with Crippen LogP contribution in [0.25, 0.3) is 0 Å². The summed E-state index contributed by atoms with van der Waals surface area (Å²) in [7, 11) is 0. The fourth-order valence-corrected chi connectivity index (χ4v) is 2.91. The summed E-state index contributed by atoms with van der Waals surface area (Å²) in [6.45, 7) is 2.05. The molecule has 2 aromatic rings. The van der Waals surface area contributed by atoms with Crippen LogP contribution in [0.4, 0.5) is 0 Å². The molecule has 108 valence electrons. The molecule has 0 amide bonds. The second kappa shape index (κ2) is 6.13. The quantitative estimate of drug-likeness (QED) is 0.787. The van der Waals surface area contributed by atoms with E-state index in [2.05, 4.69) is 12.1 Å². The van der Waals surface area contributed by atoms with Gasteiger partial charge in [-0.05, 0) is 61.4 Å². The first-order chi connectivity index (χ1) is 10.2. The van der Waals surface area contributed by atoms with Gasteiger partial charge in [0.25, 0.3) is 0 Å². The Bertz CT molecular complexity index is 658. The topological polar surface area (TPSA) is 26.3 Å². The van der Waals surface area contributed by atoms with Crippen LogP contribution in [0, 0.1) is 6.92 Å². The monoisotopic (exact) mass is 280 g/mol. The molecule has 0 aromatic heterocycles. The van der Waals surface area contributed by atoms with E-state index in [1.807, 2.05) is 37.3 Å². The van der Waals surface area contributed by atoms with E-state index in [4.69, 9.17) is 4.74 Å². The highest BCUT2D eigenvalue weighted by atomic mass is 16.5. The second-order valence-electron chi connectivity index (χ2n) is 5.66. The molecule has 0 fully saturated rings. The van der Waals surface area contributed by atoms with Gasteiger partial charge in [-0.25, -0.2) is 0 Å². The van der Waals surface area contributed by atoms with Gasteiger partial charge in [-0.3, -0.25) is 4.79 Å². The molecule has 0 aliphatic heterocycles. The zero-order chi connectivity index (χ0) is 14.7. The fraction of sp³-hybridized carbons (Fsp3) is 0.316. The highest BCUT2D eigenvalue weighted by Gasteiger charge is 2.12. The average Bonchev–Trinajstić information content (AvgIpc) is 2.53. The maximum absolute atomic E-state index is 12.2. The molecule has 1 aliphatic carbocycles. The molecule has 0 bridgehead atoms. The van der Waals surface area contributed by atoms with Gasteiger partial charge in [0.1, 0.15) is 5.75 Å². The molecular weight excluding hydrogens is 260 g/mol. The van der Waals surface area contributed by atoms with Crippen molar-refractivity contribution in [3.63, 3.8) is 0 Å². The van der Waals surface area contributed by atoms with Crippen molar-refractivity contribution in [3.8, 4) is 5.75 Å². The number of aryl methyl sites for hydroxylation is 3. The van der Waals surface area contributed by atoms with E-state index in [-0.39, 0.29) is 12.4 Å². The molecule has 0 atom stereocenters. The molecule has 2 nitrogen and oxygen atoms in total. The molecule has 0 radical (unpaired) electrons. The smallest absolute Gasteiger partial charge is 0.200 e. The summed E-state index contributed by atoms with van der Waals surface area (Å²) < 4.78 is 5.69. The molecule has 2 aromatic carbocycles. The lowest BCUT2D eigenvalue weighted by atomic mass is 9.92. The average molecular weight is 280 g/mol. The van der Waals surface area contributed by atoms with Gasteiger partial charge in [0.05, 0.1) is 0 Å². The van der Waals surface area contributed by atoms with E-state index in [0.717, 1.165) is 29.7 Å². The van der Waals surface area contributed by atoms with Crippen LogP contribution >= 0.6 is 0 Å². The molecular formula is C19H20O2. The number of carbonyl (C=O) groups is 1. The molecule has 1 aliphatic rings. The van der Waals surface area contributed by atoms with Crippen molar-refractivity contribution in [2.24, 2.45) is 0 Å². The van der Waals surface area contributed by atoms with Gasteiger partial charge in [0, 0.05) is 5.56 Å². The SMILES string of the molecule is Cc1ccccc1C(=O)COc1ccc2c(c1)CCCC2. The predicted molar refractivity (Wildman–Crippen MR) is 84.1 cm³/mol. The molecule has 0 saturated heterocycles. The summed E-state index contributed by atoms with van der Waals surface area (Å²) in [5.41, 5.74) is 4.55. The number of hydrogen-bond donors (Lipinski definition) is 0. The molecule has 3 rings (SSSR count). The Morgan fingerprint density at radius 1 is 1.05 bits per heavy atom. The normalized spacial score (nSPS) is 13.6. The van der Waals surface area contributed by atoms with Gasteiger partial charge in [-0.1, -0.05) is 30.3 Å². The minimum absolute atomic E-state index is 0.0332. The molecule has 0 saturated carbocycles. The second-order valence-corrected chi connectivity index (χ2v) is 5.66. The third-order valence-corrected chi connectivity index (χ3v) is 4.14. The predicted octanol–water partition coefficient (Wildman–Crippen LogP) is 4.14. The summed E-state index contributed by atoms with van der Waals surface area (Å²) in [5, 5.41) is 0. The Labute approximate surface area is 125 Å². The molecule has 0 heterocycles. The Morgan fingerprint density at radius 3 is 2.62 bits per heavy atom. The molecule has 0 unspecified atom stereocenters. The van der Waals surface area contributed by atoms with Gasteiger partial charge < -0.3 is 4.74 Å². The van der Waals surface area contributed by atoms with Crippen LogP contribution in [0.5, 0.6) is 5.75 Å². The first-order valence-corrected chi connectivity index (χ1v) is 7.57. The third-order valence-electron chi connectivity index (χ3n) is 4.14. The van der Waals surface area contributed by atoms with E-state index in [9.17, 15) is 4.79 Å². The van der Waals surface area contributed by atoms with Gasteiger partial charge in [-0.2, -0.15) is 0 Å². The molecule has 0 N–H and O–H groups in total. The van der Waals surface area contributed by atoms with Crippen LogP contribution in [0.3, 0.4) is 0 Å². The van der Waals surface area contributed by atoms with Crippen molar-refractivity contribution in [1.82, 2.24) is 0 Å². The third kappa shape index (κ3) is 3.15. The summed E-state index contributed by atoms with van der Waals surface area (Å²) >= 11 is 0. The molecule has 21 heavy (non-hydrogen) atoms. The lowest BCUT2D eigenvalue weighted by Gasteiger charge is -2.16. The van der Waals surface area contributed by atoms with Crippen molar-refractivity contribution >= 4 is 5.78 Å². The Kier molecular flexibility index (Phi) is 4.05. The first kappa shape index (κ1) is 13.9. The van der Waals surface area contributed by atoms with E-state index in [1.165, 1.54) is 24.0 Å². The number of ketones is 1. The van der Waals surface area contributed by atoms with Crippen LogP contribution in [-0.2, 0) is 12.8 Å². The van der Waals surface area contributed by atoms with E-state index < -0.39 is 0 Å². The minimum atomic E-state index is 0.0332. The van der Waals surface area contributed by atoms with Gasteiger partial charge in [0.2, 0.25) is 0 Å². The van der Waals surface area contributed by atoms with E-state index in [1.54, 1.807) is 0 Å². The zero-order valence-electron chi connectivity index (χ0n) is 12.4. The van der Waals surface area contributed by atoms with Crippen molar-refractivity contribution in [1.29, 1.82) is 0 Å². The largest absolute Gasteiger partial charge is 0.485 e. The Hall–Kier alpha value is -2.09. The number of benzene rings is 2. The summed E-state index contributed by atoms with van der Waals surface area (Å²) in [5.74, 6) is 0.836. The zero-order valence-corrected chi connectivity index (χ0v) is 12.4. The lowest BCUT2D eigenvalue weighted by Crippen LogP contribution is -2.13. The van der Waals surface area contributed by atoms with Crippen LogP contribution in [0.1, 0.15) is 39.9 Å². The highest BCUT2D eigenvalue weighted by molar-refractivity contribution is 5.98. The van der Waals surface area contributed by atoms with Crippen molar-refractivity contribution in [2.45, 2.75) is 32.6 Å². The number of fused-ring (bicyclic) bond motifs is 1. The Morgan fingerprint density at radius 2 is 1.81 bits per heavy atom. The maximum Gasteiger partial charge on any atom is 0.200 e. The number of rotatable bonds is 4. The Balaban J connectivity index is 1.68. The van der Waals surface area contributed by atoms with Gasteiger partial charge in [-0.15, -0.1) is 0 Å². The van der Waals surface area contributed by atoms with Crippen LogP contribution in [-0.4, -0.2) is 12.4 Å². The van der Waals surface area contributed by atoms with Gasteiger partial charge >= 0.3 is 0 Å². The number of hydrogen-bond acceptors (Lipinski definition) is 2. The first-order valence-electron chi connectivity index (χ1n) is 7.57. The van der Waals surface area contributed by atoms with Crippen molar-refractivity contribution in [3.05, 3.63) is 64.7 Å². The molecule has 2 heteroatoms. The number of carbonyl (C=O) groups excluding carboxylic acids is 1. The summed E-state index contributed by atoms with van der Waals surface area (Å²) in [6, 6.07) is 13.9. The van der Waals surface area contributed by atoms with E-state index in [0.29, 0.717) is 0 Å². The number of Topliss-reactive ketones (excluding diaryl/α,β-unsaturated/α-hetero) is 1. The number of ether oxygens (including phenoxy) is 1. The highest BCUT2D eigenvalue weighted by Crippen LogP contribution is 2.25. The minimum Gasteiger partial charge on any atom is -0.485 e. The van der Waals surface area contributed by atoms with Crippen molar-refractivity contribution < 1.29 is 9.53 Å². The van der Waals surface area contributed by atoms with Gasteiger partial charge in [0.15, 0.2) is 12.4 Å². The van der Waals surface area contributed by atoms with Crippen LogP contribution < -0.4 is 4.74 Å². The van der Waals surface area contributed by atoms with Crippen molar-refractivity contribution in [2.75, 3.05) is 6.61 Å². The lowest BCUT2D eigenvalue weighted by molar-refractivity contribution is 0.0921. The van der Waals surface area contributed by atoms with E-state index >= 15 is 0 Å². The molecule has 0 spiro atoms. The maximum atomic E-state index is 12.2. The fourth-order valence-electron chi connectivity index (χ4n) is 2.91. The summed E-state index contributed by atoms with van der Waals surface area (Å²) in [4.78, 5) is 12.2. The standard InChI is InChI=1S/C19H20O2/c1-14-6-2-5-9-18(14)19(20)13-21-17-11-10-15-7-3-4-8-16(15)12-17/h2,5-6,9-12H,3-4,7-8,13H2,1H3. The van der Waals surface area contributed by atoms with Crippen LogP contribution in [0.15, 0.2) is 42.5 Å². The van der Waals surface area contributed by atoms with Crippen LogP contribution in [0.2, 0.25) is 0 Å².